The van der Waals surface area contributed by atoms with Crippen molar-refractivity contribution in [3.8, 4) is 0 Å². The summed E-state index contributed by atoms with van der Waals surface area (Å²) in [6.07, 6.45) is 0.920. The second kappa shape index (κ2) is 11.5. The fraction of sp³-hybridized carbons (Fsp3) is 0.455. The first-order valence-electron chi connectivity index (χ1n) is 9.97. The Kier molecular flexibility index (Phi) is 9.01. The largest absolute Gasteiger partial charge is 0.357 e. The third kappa shape index (κ3) is 7.00. The molecule has 2 unspecified atom stereocenters. The van der Waals surface area contributed by atoms with E-state index in [1.54, 1.807) is 11.3 Å². The topological polar surface area (TPSA) is 65.5 Å². The molecule has 0 spiro atoms. The van der Waals surface area contributed by atoms with Gasteiger partial charge in [0.05, 0.1) is 6.54 Å². The monoisotopic (exact) mass is 400 g/mol. The van der Waals surface area contributed by atoms with Gasteiger partial charge < -0.3 is 16.0 Å². The molecule has 1 aromatic heterocycles. The predicted molar refractivity (Wildman–Crippen MR) is 119 cm³/mol. The Morgan fingerprint density at radius 3 is 2.46 bits per heavy atom. The van der Waals surface area contributed by atoms with Gasteiger partial charge in [0.15, 0.2) is 5.96 Å². The van der Waals surface area contributed by atoms with Crippen LogP contribution in [0.2, 0.25) is 0 Å². The van der Waals surface area contributed by atoms with Crippen molar-refractivity contribution in [3.05, 3.63) is 57.8 Å². The highest BCUT2D eigenvalue weighted by Gasteiger charge is 2.09. The van der Waals surface area contributed by atoms with Crippen LogP contribution in [0.1, 0.15) is 61.5 Å². The standard InChI is InChI=1S/C22H32N4OS/c1-5-17(4)26-21(27)19-9-7-18(8-10-19)14-25-22(23-6-2)24-13-16(3)20-11-12-28-15-20/h7-12,15-17H,5-6,13-14H2,1-4H3,(H,26,27)(H2,23,24,25). The highest BCUT2D eigenvalue weighted by atomic mass is 32.1. The molecule has 0 saturated heterocycles. The average Bonchev–Trinajstić information content (AvgIpc) is 3.25. The molecule has 1 heterocycles. The quantitative estimate of drug-likeness (QED) is 0.438. The number of amides is 1. The summed E-state index contributed by atoms with van der Waals surface area (Å²) in [6, 6.07) is 10.0. The molecule has 28 heavy (non-hydrogen) atoms. The molecule has 0 bridgehead atoms. The maximum atomic E-state index is 12.2. The molecule has 0 saturated carbocycles. The number of nitrogens with zero attached hydrogens (tertiary/aromatic N) is 1. The molecular weight excluding hydrogens is 368 g/mol. The molecule has 1 aromatic carbocycles. The Labute approximate surface area is 172 Å². The molecule has 0 aliphatic heterocycles. The molecule has 0 fully saturated rings. The van der Waals surface area contributed by atoms with Crippen molar-refractivity contribution in [2.45, 2.75) is 52.6 Å². The van der Waals surface area contributed by atoms with Gasteiger partial charge in [-0.1, -0.05) is 26.0 Å². The summed E-state index contributed by atoms with van der Waals surface area (Å²) >= 11 is 1.73. The van der Waals surface area contributed by atoms with E-state index in [0.29, 0.717) is 18.0 Å². The smallest absolute Gasteiger partial charge is 0.251 e. The zero-order chi connectivity index (χ0) is 20.4. The van der Waals surface area contributed by atoms with Crippen LogP contribution in [-0.2, 0) is 6.54 Å². The number of guanidine groups is 1. The number of aliphatic imine (C=N–C) groups is 1. The van der Waals surface area contributed by atoms with E-state index in [1.165, 1.54) is 5.56 Å². The third-order valence-electron chi connectivity index (χ3n) is 4.66. The van der Waals surface area contributed by atoms with E-state index in [0.717, 1.165) is 31.0 Å². The van der Waals surface area contributed by atoms with E-state index in [1.807, 2.05) is 31.2 Å². The van der Waals surface area contributed by atoms with Crippen LogP contribution >= 0.6 is 11.3 Å². The minimum Gasteiger partial charge on any atom is -0.357 e. The minimum atomic E-state index is -0.0261. The molecule has 0 aliphatic carbocycles. The lowest BCUT2D eigenvalue weighted by Gasteiger charge is -2.15. The van der Waals surface area contributed by atoms with E-state index >= 15 is 0 Å². The molecule has 0 aliphatic rings. The second-order valence-corrected chi connectivity index (χ2v) is 7.79. The van der Waals surface area contributed by atoms with E-state index in [-0.39, 0.29) is 11.9 Å². The van der Waals surface area contributed by atoms with E-state index in [2.05, 4.69) is 58.5 Å². The summed E-state index contributed by atoms with van der Waals surface area (Å²) in [5.41, 5.74) is 3.10. The van der Waals surface area contributed by atoms with E-state index in [9.17, 15) is 4.79 Å². The van der Waals surface area contributed by atoms with Crippen molar-refractivity contribution < 1.29 is 4.79 Å². The van der Waals surface area contributed by atoms with Gasteiger partial charge in [0.1, 0.15) is 0 Å². The normalized spacial score (nSPS) is 13.6. The number of nitrogens with one attached hydrogen (secondary N) is 3. The first-order chi connectivity index (χ1) is 13.5. The molecule has 6 heteroatoms. The molecule has 5 nitrogen and oxygen atoms in total. The zero-order valence-electron chi connectivity index (χ0n) is 17.3. The SMILES string of the molecule is CCNC(=NCc1ccc(C(=O)NC(C)CC)cc1)NCC(C)c1ccsc1. The fourth-order valence-corrected chi connectivity index (χ4v) is 3.39. The summed E-state index contributed by atoms with van der Waals surface area (Å²) in [4.78, 5) is 16.8. The molecule has 1 amide bonds. The summed E-state index contributed by atoms with van der Waals surface area (Å²) in [6.45, 7) is 10.5. The molecule has 2 aromatic rings. The van der Waals surface area contributed by atoms with Crippen LogP contribution in [0.5, 0.6) is 0 Å². The van der Waals surface area contributed by atoms with Gasteiger partial charge in [0.25, 0.3) is 5.91 Å². The van der Waals surface area contributed by atoms with Crippen molar-refractivity contribution in [2.24, 2.45) is 4.99 Å². The van der Waals surface area contributed by atoms with Crippen LogP contribution < -0.4 is 16.0 Å². The van der Waals surface area contributed by atoms with Crippen molar-refractivity contribution in [1.82, 2.24) is 16.0 Å². The first kappa shape index (κ1) is 22.0. The number of thiophene rings is 1. The van der Waals surface area contributed by atoms with Gasteiger partial charge in [-0.05, 0) is 66.3 Å². The molecule has 152 valence electrons. The number of carbonyl (C=O) groups is 1. The Balaban J connectivity index is 1.91. The number of hydrogen-bond acceptors (Lipinski definition) is 3. The molecule has 2 rings (SSSR count). The molecule has 3 N–H and O–H groups in total. The van der Waals surface area contributed by atoms with Crippen molar-refractivity contribution in [2.75, 3.05) is 13.1 Å². The summed E-state index contributed by atoms with van der Waals surface area (Å²) in [5, 5.41) is 14.0. The highest BCUT2D eigenvalue weighted by molar-refractivity contribution is 7.07. The number of benzene rings is 1. The lowest BCUT2D eigenvalue weighted by molar-refractivity contribution is 0.0939. The Hall–Kier alpha value is -2.34. The number of carbonyl (C=O) groups excluding carboxylic acids is 1. The Morgan fingerprint density at radius 2 is 1.86 bits per heavy atom. The Morgan fingerprint density at radius 1 is 1.11 bits per heavy atom. The fourth-order valence-electron chi connectivity index (χ4n) is 2.61. The lowest BCUT2D eigenvalue weighted by atomic mass is 10.1. The summed E-state index contributed by atoms with van der Waals surface area (Å²) < 4.78 is 0. The summed E-state index contributed by atoms with van der Waals surface area (Å²) in [7, 11) is 0. The number of hydrogen-bond donors (Lipinski definition) is 3. The molecule has 2 atom stereocenters. The maximum absolute atomic E-state index is 12.2. The minimum absolute atomic E-state index is 0.0261. The van der Waals surface area contributed by atoms with Crippen molar-refractivity contribution in [1.29, 1.82) is 0 Å². The van der Waals surface area contributed by atoms with Gasteiger partial charge in [0.2, 0.25) is 0 Å². The van der Waals surface area contributed by atoms with E-state index < -0.39 is 0 Å². The van der Waals surface area contributed by atoms with Crippen LogP contribution in [0.15, 0.2) is 46.1 Å². The van der Waals surface area contributed by atoms with Crippen molar-refractivity contribution >= 4 is 23.2 Å². The molecular formula is C22H32N4OS. The van der Waals surface area contributed by atoms with Crippen LogP contribution in [0, 0.1) is 0 Å². The molecule has 0 radical (unpaired) electrons. The predicted octanol–water partition coefficient (Wildman–Crippen LogP) is 4.14. The summed E-state index contributed by atoms with van der Waals surface area (Å²) in [5.74, 6) is 1.21. The number of rotatable bonds is 9. The Bertz CT molecular complexity index is 740. The van der Waals surface area contributed by atoms with Crippen LogP contribution in [0.3, 0.4) is 0 Å². The van der Waals surface area contributed by atoms with Gasteiger partial charge >= 0.3 is 0 Å². The van der Waals surface area contributed by atoms with Crippen LogP contribution in [0.4, 0.5) is 0 Å². The average molecular weight is 401 g/mol. The van der Waals surface area contributed by atoms with Crippen molar-refractivity contribution in [3.63, 3.8) is 0 Å². The highest BCUT2D eigenvalue weighted by Crippen LogP contribution is 2.17. The first-order valence-corrected chi connectivity index (χ1v) is 10.9. The van der Waals surface area contributed by atoms with Crippen LogP contribution in [-0.4, -0.2) is 31.0 Å². The van der Waals surface area contributed by atoms with Gasteiger partial charge in [0, 0.05) is 24.7 Å². The van der Waals surface area contributed by atoms with Gasteiger partial charge in [-0.15, -0.1) is 0 Å². The van der Waals surface area contributed by atoms with Gasteiger partial charge in [-0.3, -0.25) is 4.79 Å². The lowest BCUT2D eigenvalue weighted by Crippen LogP contribution is -2.39. The van der Waals surface area contributed by atoms with Crippen LogP contribution in [0.25, 0.3) is 0 Å². The maximum Gasteiger partial charge on any atom is 0.251 e. The van der Waals surface area contributed by atoms with E-state index in [4.69, 9.17) is 0 Å². The zero-order valence-corrected chi connectivity index (χ0v) is 18.1. The second-order valence-electron chi connectivity index (χ2n) is 7.01. The van der Waals surface area contributed by atoms with Gasteiger partial charge in [-0.2, -0.15) is 11.3 Å². The third-order valence-corrected chi connectivity index (χ3v) is 5.36. The van der Waals surface area contributed by atoms with Gasteiger partial charge in [-0.25, -0.2) is 4.99 Å².